The maximum Gasteiger partial charge on any atom is 0.337 e. The number of para-hydroxylation sites is 1. The first kappa shape index (κ1) is 12.4. The Labute approximate surface area is 112 Å². The van der Waals surface area contributed by atoms with E-state index in [2.05, 4.69) is 0 Å². The zero-order valence-corrected chi connectivity index (χ0v) is 10.9. The number of carbonyl (C=O) groups is 1. The van der Waals surface area contributed by atoms with Crippen molar-refractivity contribution in [2.45, 2.75) is 31.1 Å². The average Bonchev–Trinajstić information content (AvgIpc) is 3.07. The Kier molecular flexibility index (Phi) is 3.16. The Morgan fingerprint density at radius 2 is 2.21 bits per heavy atom. The zero-order chi connectivity index (χ0) is 13.3. The van der Waals surface area contributed by atoms with Crippen LogP contribution in [-0.4, -0.2) is 31.5 Å². The number of rotatable bonds is 2. The van der Waals surface area contributed by atoms with Crippen LogP contribution in [-0.2, 0) is 19.1 Å². The van der Waals surface area contributed by atoms with Crippen LogP contribution >= 0.6 is 0 Å². The van der Waals surface area contributed by atoms with Gasteiger partial charge in [0.05, 0.1) is 12.8 Å². The Morgan fingerprint density at radius 3 is 2.84 bits per heavy atom. The van der Waals surface area contributed by atoms with Crippen molar-refractivity contribution in [1.29, 1.82) is 0 Å². The number of ether oxygens (including phenoxy) is 2. The summed E-state index contributed by atoms with van der Waals surface area (Å²) in [5, 5.41) is 1.74. The van der Waals surface area contributed by atoms with E-state index in [0.29, 0.717) is 13.0 Å². The highest BCUT2D eigenvalue weighted by Crippen LogP contribution is 2.43. The van der Waals surface area contributed by atoms with Gasteiger partial charge in [0.15, 0.2) is 11.8 Å². The predicted molar refractivity (Wildman–Crippen MR) is 68.3 cm³/mol. The van der Waals surface area contributed by atoms with Gasteiger partial charge in [0.1, 0.15) is 0 Å². The normalized spacial score (nSPS) is 29.9. The second-order valence-corrected chi connectivity index (χ2v) is 4.85. The highest BCUT2D eigenvalue weighted by molar-refractivity contribution is 5.75. The number of esters is 1. The Bertz CT molecular complexity index is 456. The lowest BCUT2D eigenvalue weighted by Crippen LogP contribution is -2.42. The van der Waals surface area contributed by atoms with Gasteiger partial charge >= 0.3 is 5.97 Å². The Morgan fingerprint density at radius 1 is 1.42 bits per heavy atom. The molecule has 0 amide bonds. The van der Waals surface area contributed by atoms with Gasteiger partial charge in [-0.05, 0) is 25.0 Å². The van der Waals surface area contributed by atoms with Gasteiger partial charge in [-0.25, -0.2) is 9.86 Å². The third-order valence-corrected chi connectivity index (χ3v) is 3.64. The maximum atomic E-state index is 11.7. The van der Waals surface area contributed by atoms with Crippen LogP contribution in [0.4, 0.5) is 5.69 Å². The molecule has 2 aliphatic heterocycles. The van der Waals surface area contributed by atoms with E-state index in [1.165, 1.54) is 7.11 Å². The molecule has 19 heavy (non-hydrogen) atoms. The van der Waals surface area contributed by atoms with Gasteiger partial charge < -0.3 is 9.47 Å². The topological polar surface area (TPSA) is 48.0 Å². The number of benzene rings is 1. The molecule has 0 radical (unpaired) electrons. The van der Waals surface area contributed by atoms with Crippen molar-refractivity contribution in [3.8, 4) is 0 Å². The molecule has 2 atom stereocenters. The van der Waals surface area contributed by atoms with Crippen LogP contribution in [0.1, 0.15) is 19.3 Å². The van der Waals surface area contributed by atoms with Crippen molar-refractivity contribution in [3.63, 3.8) is 0 Å². The lowest BCUT2D eigenvalue weighted by Gasteiger charge is -2.32. The number of carbonyl (C=O) groups excluding carboxylic acids is 1. The van der Waals surface area contributed by atoms with Crippen LogP contribution in [0.25, 0.3) is 0 Å². The first-order valence-electron chi connectivity index (χ1n) is 6.49. The first-order chi connectivity index (χ1) is 9.25. The van der Waals surface area contributed by atoms with Crippen molar-refractivity contribution in [3.05, 3.63) is 30.3 Å². The fourth-order valence-electron chi connectivity index (χ4n) is 2.75. The van der Waals surface area contributed by atoms with Crippen LogP contribution in [0.5, 0.6) is 0 Å². The maximum absolute atomic E-state index is 11.7. The molecule has 2 fully saturated rings. The van der Waals surface area contributed by atoms with Crippen LogP contribution in [0.15, 0.2) is 30.3 Å². The number of anilines is 1. The molecule has 3 rings (SSSR count). The fraction of sp³-hybridized carbons (Fsp3) is 0.500. The molecule has 2 unspecified atom stereocenters. The molecule has 2 aliphatic rings. The number of hydroxylamine groups is 1. The minimum atomic E-state index is -0.594. The number of hydrogen-bond acceptors (Lipinski definition) is 5. The fourth-order valence-corrected chi connectivity index (χ4v) is 2.75. The molecule has 102 valence electrons. The molecular weight excluding hydrogens is 246 g/mol. The highest BCUT2D eigenvalue weighted by atomic mass is 16.8. The van der Waals surface area contributed by atoms with E-state index in [0.717, 1.165) is 18.5 Å². The smallest absolute Gasteiger partial charge is 0.337 e. The summed E-state index contributed by atoms with van der Waals surface area (Å²) in [6, 6.07) is 9.71. The molecular formula is C14H17NO4. The van der Waals surface area contributed by atoms with E-state index in [4.69, 9.17) is 14.3 Å². The van der Waals surface area contributed by atoms with E-state index in [1.54, 1.807) is 5.06 Å². The van der Waals surface area contributed by atoms with Crippen LogP contribution < -0.4 is 5.06 Å². The standard InChI is InChI=1S/C14H17NO4/c1-17-13(16)12-10-14(8-5-9-18-14)15(19-12)11-6-3-2-4-7-11/h2-4,6-7,12H,5,8-10H2,1H3. The second kappa shape index (κ2) is 4.83. The molecule has 5 heteroatoms. The Hall–Kier alpha value is -1.59. The van der Waals surface area contributed by atoms with Gasteiger partial charge in [-0.3, -0.25) is 4.84 Å². The largest absolute Gasteiger partial charge is 0.467 e. The lowest BCUT2D eigenvalue weighted by atomic mass is 10.0. The summed E-state index contributed by atoms with van der Waals surface area (Å²) < 4.78 is 10.7. The molecule has 1 aromatic carbocycles. The van der Waals surface area contributed by atoms with E-state index in [9.17, 15) is 4.79 Å². The highest BCUT2D eigenvalue weighted by Gasteiger charge is 2.53. The van der Waals surface area contributed by atoms with Crippen molar-refractivity contribution < 1.29 is 19.1 Å². The molecule has 1 aromatic rings. The van der Waals surface area contributed by atoms with Gasteiger partial charge in [-0.15, -0.1) is 0 Å². The Balaban J connectivity index is 1.90. The summed E-state index contributed by atoms with van der Waals surface area (Å²) in [6.45, 7) is 0.695. The van der Waals surface area contributed by atoms with Crippen LogP contribution in [0, 0.1) is 0 Å². The minimum absolute atomic E-state index is 0.353. The van der Waals surface area contributed by atoms with E-state index >= 15 is 0 Å². The third kappa shape index (κ3) is 2.09. The molecule has 1 spiro atoms. The minimum Gasteiger partial charge on any atom is -0.467 e. The summed E-state index contributed by atoms with van der Waals surface area (Å²) in [5.41, 5.74) is 0.371. The summed E-state index contributed by atoms with van der Waals surface area (Å²) in [6.07, 6.45) is 1.74. The predicted octanol–water partition coefficient (Wildman–Crippen LogP) is 1.88. The number of methoxy groups -OCH3 is 1. The van der Waals surface area contributed by atoms with Crippen molar-refractivity contribution in [2.75, 3.05) is 18.8 Å². The van der Waals surface area contributed by atoms with E-state index in [1.807, 2.05) is 30.3 Å². The number of hydrogen-bond donors (Lipinski definition) is 0. The molecule has 0 N–H and O–H groups in total. The molecule has 5 nitrogen and oxygen atoms in total. The average molecular weight is 263 g/mol. The molecule has 0 aromatic heterocycles. The van der Waals surface area contributed by atoms with Gasteiger partial charge in [-0.1, -0.05) is 18.2 Å². The summed E-state index contributed by atoms with van der Waals surface area (Å²) >= 11 is 0. The summed E-state index contributed by atoms with van der Waals surface area (Å²) in [4.78, 5) is 17.5. The number of nitrogens with zero attached hydrogens (tertiary/aromatic N) is 1. The van der Waals surface area contributed by atoms with Crippen molar-refractivity contribution in [1.82, 2.24) is 0 Å². The second-order valence-electron chi connectivity index (χ2n) is 4.85. The summed E-state index contributed by atoms with van der Waals surface area (Å²) in [5.74, 6) is -0.353. The summed E-state index contributed by atoms with van der Waals surface area (Å²) in [7, 11) is 1.37. The zero-order valence-electron chi connectivity index (χ0n) is 10.9. The van der Waals surface area contributed by atoms with Crippen molar-refractivity contribution in [2.24, 2.45) is 0 Å². The molecule has 0 saturated carbocycles. The molecule has 2 saturated heterocycles. The van der Waals surface area contributed by atoms with Gasteiger partial charge in [0.25, 0.3) is 0 Å². The molecule has 0 aliphatic carbocycles. The van der Waals surface area contributed by atoms with Crippen molar-refractivity contribution >= 4 is 11.7 Å². The van der Waals surface area contributed by atoms with E-state index in [-0.39, 0.29) is 5.97 Å². The first-order valence-corrected chi connectivity index (χ1v) is 6.49. The van der Waals surface area contributed by atoms with Crippen LogP contribution in [0.3, 0.4) is 0 Å². The third-order valence-electron chi connectivity index (χ3n) is 3.64. The molecule has 0 bridgehead atoms. The van der Waals surface area contributed by atoms with Gasteiger partial charge in [-0.2, -0.15) is 0 Å². The van der Waals surface area contributed by atoms with Gasteiger partial charge in [0, 0.05) is 13.0 Å². The lowest BCUT2D eigenvalue weighted by molar-refractivity contribution is -0.151. The molecule has 2 heterocycles. The van der Waals surface area contributed by atoms with Crippen LogP contribution in [0.2, 0.25) is 0 Å². The van der Waals surface area contributed by atoms with E-state index < -0.39 is 11.8 Å². The monoisotopic (exact) mass is 263 g/mol. The SMILES string of the molecule is COC(=O)C1CC2(CCCO2)N(c2ccccc2)O1. The van der Waals surface area contributed by atoms with Gasteiger partial charge in [0.2, 0.25) is 0 Å². The quantitative estimate of drug-likeness (QED) is 0.762.